The number of benzene rings is 1. The number of amides is 1. The van der Waals surface area contributed by atoms with E-state index in [2.05, 4.69) is 0 Å². The molecule has 0 spiro atoms. The number of rotatable bonds is 8. The Bertz CT molecular complexity index is 618. The molecule has 1 rings (SSSR count). The Kier molecular flexibility index (Phi) is 7.61. The Balaban J connectivity index is 2.71. The second-order valence-electron chi connectivity index (χ2n) is 7.78. The Hall–Kier alpha value is -1.64. The normalized spacial score (nSPS) is 13.4. The molecule has 26 heavy (non-hydrogen) atoms. The maximum absolute atomic E-state index is 13.4. The molecule has 1 aromatic rings. The summed E-state index contributed by atoms with van der Waals surface area (Å²) in [4.78, 5) is 11.5. The summed E-state index contributed by atoms with van der Waals surface area (Å²) in [5.74, 6) is -0.0696. The standard InChI is InChI=1S/C18H30FNO5Si/c1-18(2,3)26(5,6)25-20(17(22)23)11-7-8-15(21)14-12-13(19)9-10-16(14)24-4/h9-10,12,15,21H,7-8,11H2,1-6H3,(H,22,23). The smallest absolute Gasteiger partial charge is 0.430 e. The molecule has 148 valence electrons. The van der Waals surface area contributed by atoms with Gasteiger partial charge < -0.3 is 19.5 Å². The van der Waals surface area contributed by atoms with Crippen LogP contribution in [0.1, 0.15) is 45.3 Å². The molecule has 1 unspecified atom stereocenters. The van der Waals surface area contributed by atoms with Crippen LogP contribution in [0.15, 0.2) is 18.2 Å². The van der Waals surface area contributed by atoms with Gasteiger partial charge in [0.2, 0.25) is 8.32 Å². The summed E-state index contributed by atoms with van der Waals surface area (Å²) in [7, 11) is -0.834. The molecule has 8 heteroatoms. The van der Waals surface area contributed by atoms with E-state index in [1.54, 1.807) is 0 Å². The van der Waals surface area contributed by atoms with Crippen LogP contribution in [0.25, 0.3) is 0 Å². The lowest BCUT2D eigenvalue weighted by Crippen LogP contribution is -2.48. The predicted octanol–water partition coefficient (Wildman–Crippen LogP) is 4.56. The summed E-state index contributed by atoms with van der Waals surface area (Å²) in [6, 6.07) is 3.94. The molecule has 0 saturated carbocycles. The van der Waals surface area contributed by atoms with Gasteiger partial charge >= 0.3 is 6.09 Å². The van der Waals surface area contributed by atoms with E-state index in [1.807, 2.05) is 33.9 Å². The lowest BCUT2D eigenvalue weighted by Gasteiger charge is -2.38. The molecule has 0 bridgehead atoms. The summed E-state index contributed by atoms with van der Waals surface area (Å²) in [5, 5.41) is 20.5. The van der Waals surface area contributed by atoms with Gasteiger partial charge in [-0.05, 0) is 49.2 Å². The molecule has 0 fully saturated rings. The van der Waals surface area contributed by atoms with E-state index in [4.69, 9.17) is 9.26 Å². The van der Waals surface area contributed by atoms with E-state index in [0.29, 0.717) is 17.7 Å². The van der Waals surface area contributed by atoms with Crippen molar-refractivity contribution in [2.45, 2.75) is 57.8 Å². The van der Waals surface area contributed by atoms with Crippen molar-refractivity contribution in [3.63, 3.8) is 0 Å². The minimum Gasteiger partial charge on any atom is -0.496 e. The second kappa shape index (κ2) is 8.83. The van der Waals surface area contributed by atoms with Crippen molar-refractivity contribution in [2.24, 2.45) is 0 Å². The minimum atomic E-state index is -2.28. The highest BCUT2D eigenvalue weighted by Crippen LogP contribution is 2.37. The molecule has 0 aromatic heterocycles. The number of halogens is 1. The molecule has 0 heterocycles. The minimum absolute atomic E-state index is 0.122. The molecule has 1 aromatic carbocycles. The largest absolute Gasteiger partial charge is 0.496 e. The van der Waals surface area contributed by atoms with Crippen molar-refractivity contribution in [1.82, 2.24) is 5.06 Å². The lowest BCUT2D eigenvalue weighted by molar-refractivity contribution is -0.0514. The van der Waals surface area contributed by atoms with Crippen molar-refractivity contribution < 1.29 is 28.7 Å². The quantitative estimate of drug-likeness (QED) is 0.505. The maximum Gasteiger partial charge on any atom is 0.430 e. The molecular weight excluding hydrogens is 357 g/mol. The first-order valence-electron chi connectivity index (χ1n) is 8.60. The lowest BCUT2D eigenvalue weighted by atomic mass is 10.0. The fourth-order valence-corrected chi connectivity index (χ4v) is 3.14. The van der Waals surface area contributed by atoms with Gasteiger partial charge in [-0.25, -0.2) is 9.18 Å². The highest BCUT2D eigenvalue weighted by atomic mass is 28.4. The van der Waals surface area contributed by atoms with E-state index < -0.39 is 26.3 Å². The van der Waals surface area contributed by atoms with Gasteiger partial charge in [-0.2, -0.15) is 5.06 Å². The van der Waals surface area contributed by atoms with Crippen LogP contribution in [0.5, 0.6) is 5.75 Å². The number of carbonyl (C=O) groups is 1. The van der Waals surface area contributed by atoms with Crippen molar-refractivity contribution in [1.29, 1.82) is 0 Å². The van der Waals surface area contributed by atoms with Crippen molar-refractivity contribution in [3.05, 3.63) is 29.6 Å². The fraction of sp³-hybridized carbons (Fsp3) is 0.611. The van der Waals surface area contributed by atoms with E-state index in [0.717, 1.165) is 5.06 Å². The first-order valence-corrected chi connectivity index (χ1v) is 11.5. The molecule has 6 nitrogen and oxygen atoms in total. The number of ether oxygens (including phenoxy) is 1. The van der Waals surface area contributed by atoms with E-state index in [9.17, 15) is 19.4 Å². The Morgan fingerprint density at radius 3 is 2.46 bits per heavy atom. The zero-order chi connectivity index (χ0) is 20.1. The summed E-state index contributed by atoms with van der Waals surface area (Å²) in [6.45, 7) is 10.1. The number of aliphatic hydroxyl groups excluding tert-OH is 1. The van der Waals surface area contributed by atoms with Gasteiger partial charge in [0.15, 0.2) is 0 Å². The Morgan fingerprint density at radius 2 is 1.96 bits per heavy atom. The molecule has 2 N–H and O–H groups in total. The summed E-state index contributed by atoms with van der Waals surface area (Å²) in [6.07, 6.45) is -1.50. The van der Waals surface area contributed by atoms with Crippen LogP contribution in [-0.2, 0) is 4.53 Å². The van der Waals surface area contributed by atoms with Crippen molar-refractivity contribution >= 4 is 14.4 Å². The molecule has 0 aliphatic heterocycles. The maximum atomic E-state index is 13.4. The topological polar surface area (TPSA) is 79.2 Å². The number of nitrogens with zero attached hydrogens (tertiary/aromatic N) is 1. The van der Waals surface area contributed by atoms with Gasteiger partial charge in [0.05, 0.1) is 19.8 Å². The second-order valence-corrected chi connectivity index (χ2v) is 12.5. The van der Waals surface area contributed by atoms with Crippen LogP contribution in [0, 0.1) is 5.82 Å². The Labute approximate surface area is 155 Å². The SMILES string of the molecule is COc1ccc(F)cc1C(O)CCCN(O[Si](C)(C)C(C)(C)C)C(=O)O. The van der Waals surface area contributed by atoms with Gasteiger partial charge in [-0.1, -0.05) is 20.8 Å². The van der Waals surface area contributed by atoms with Gasteiger partial charge in [0.25, 0.3) is 0 Å². The van der Waals surface area contributed by atoms with Crippen LogP contribution < -0.4 is 4.74 Å². The van der Waals surface area contributed by atoms with Crippen LogP contribution in [0.2, 0.25) is 18.1 Å². The molecule has 0 aliphatic carbocycles. The van der Waals surface area contributed by atoms with Crippen LogP contribution in [-0.4, -0.2) is 43.3 Å². The molecule has 0 aliphatic rings. The number of carboxylic acid groups (broad SMARTS) is 1. The van der Waals surface area contributed by atoms with Gasteiger partial charge in [0, 0.05) is 5.56 Å². The highest BCUT2D eigenvalue weighted by molar-refractivity contribution is 6.74. The fourth-order valence-electron chi connectivity index (χ4n) is 2.14. The van der Waals surface area contributed by atoms with E-state index >= 15 is 0 Å². The van der Waals surface area contributed by atoms with Gasteiger partial charge in [-0.15, -0.1) is 0 Å². The monoisotopic (exact) mass is 387 g/mol. The first kappa shape index (κ1) is 22.4. The summed E-state index contributed by atoms with van der Waals surface area (Å²) >= 11 is 0. The number of hydroxylamine groups is 2. The number of aliphatic hydroxyl groups is 1. The number of hydrogen-bond donors (Lipinski definition) is 2. The molecule has 0 radical (unpaired) electrons. The number of methoxy groups -OCH3 is 1. The Morgan fingerprint density at radius 1 is 1.35 bits per heavy atom. The highest BCUT2D eigenvalue weighted by Gasteiger charge is 2.40. The van der Waals surface area contributed by atoms with Crippen molar-refractivity contribution in [3.8, 4) is 5.75 Å². The average molecular weight is 388 g/mol. The zero-order valence-electron chi connectivity index (χ0n) is 16.4. The predicted molar refractivity (Wildman–Crippen MR) is 100 cm³/mol. The van der Waals surface area contributed by atoms with E-state index in [1.165, 1.54) is 25.3 Å². The average Bonchev–Trinajstić information content (AvgIpc) is 2.52. The summed E-state index contributed by atoms with van der Waals surface area (Å²) < 4.78 is 24.4. The van der Waals surface area contributed by atoms with Crippen LogP contribution in [0.3, 0.4) is 0 Å². The third kappa shape index (κ3) is 5.96. The van der Waals surface area contributed by atoms with Crippen molar-refractivity contribution in [2.75, 3.05) is 13.7 Å². The number of hydrogen-bond acceptors (Lipinski definition) is 4. The van der Waals surface area contributed by atoms with Gasteiger partial charge in [-0.3, -0.25) is 0 Å². The van der Waals surface area contributed by atoms with Gasteiger partial charge in [0.1, 0.15) is 11.6 Å². The molecule has 1 amide bonds. The molecule has 0 saturated heterocycles. The summed E-state index contributed by atoms with van der Waals surface area (Å²) in [5.41, 5.74) is 0.347. The zero-order valence-corrected chi connectivity index (χ0v) is 17.4. The van der Waals surface area contributed by atoms with E-state index in [-0.39, 0.29) is 18.0 Å². The molecular formula is C18H30FNO5Si. The van der Waals surface area contributed by atoms with Crippen LogP contribution in [0.4, 0.5) is 9.18 Å². The third-order valence-corrected chi connectivity index (χ3v) is 9.04. The first-order chi connectivity index (χ1) is 11.9. The van der Waals surface area contributed by atoms with Crippen LogP contribution >= 0.6 is 0 Å². The third-order valence-electron chi connectivity index (χ3n) is 4.75. The molecule has 1 atom stereocenters.